The first-order valence-corrected chi connectivity index (χ1v) is 45.3. The number of unbranched alkanes of at least 4 members (excludes halogenated alkanes) is 5. The fraction of sp³-hybridized carbons (Fsp3) is 0.570. The summed E-state index contributed by atoms with van der Waals surface area (Å²) < 4.78 is 76.8. The summed E-state index contributed by atoms with van der Waals surface area (Å²) in [6, 6.07) is 38.2. The van der Waals surface area contributed by atoms with E-state index in [9.17, 15) is 19.2 Å². The standard InChI is InChI=1S/C41H52O9.C17H24O5.C10H19BrO2.C9H10O3.C6H12O2.C6H6O2.C4H8Br2/c1-3-40(22-9-23-40)28-44-24-5-7-26-47-34-14-10-32(11-15-34)38(42)49-36-18-20-37(21-19-36)50-39(43)33-12-16-35(17-13-33)48-27-8-6-25-45-29-41(4-2)30-46-31-41;1-2-17(12-21-13-17)11-20-9-3-4-10-22-15-7-5-14(6-8-15)16(18)19;1-2-10(8-13-9-10)7-12-6-4-3-5-11;1-2-12-9(11)7-3-5-8(10)6-4-7;1-2-6(3-7)4-8-5-6;7-5-1-2-6(8)4-3-5;5-3-1-2-4-6/h10-21H,3-9,22-31H2,1-2H3;5-8H,2-4,9-13H2,1H3,(H,18,19);2-9H2,1H3;3-6,10H,2H2,1H3;7H,2-5H2,1H3;1-4,7-8H;1-4H2. The molecule has 4 aliphatic heterocycles. The number of aromatic hydroxyl groups is 3. The van der Waals surface area contributed by atoms with Crippen molar-refractivity contribution < 1.29 is 111 Å². The van der Waals surface area contributed by atoms with Crippen LogP contribution in [0.1, 0.15) is 199 Å². The van der Waals surface area contributed by atoms with Gasteiger partial charge in [0.05, 0.1) is 135 Å². The van der Waals surface area contributed by atoms with Crippen molar-refractivity contribution >= 4 is 71.7 Å². The summed E-state index contributed by atoms with van der Waals surface area (Å²) in [7, 11) is 0. The molecule has 5 N–H and O–H groups in total. The van der Waals surface area contributed by atoms with Gasteiger partial charge in [-0.15, -0.1) is 0 Å². The number of hydrogen-bond donors (Lipinski definition) is 5. The quantitative estimate of drug-likeness (QED) is 0.00780. The van der Waals surface area contributed by atoms with Gasteiger partial charge in [-0.25, -0.2) is 19.2 Å². The molecular formula is C93H131Br3O23. The number of phenols is 3. The van der Waals surface area contributed by atoms with Gasteiger partial charge in [0, 0.05) is 64.1 Å². The fourth-order valence-corrected chi connectivity index (χ4v) is 13.0. The van der Waals surface area contributed by atoms with Crippen molar-refractivity contribution in [3.63, 3.8) is 0 Å². The minimum atomic E-state index is -0.926. The van der Waals surface area contributed by atoms with E-state index in [1.165, 1.54) is 99.9 Å². The van der Waals surface area contributed by atoms with Crippen molar-refractivity contribution in [2.24, 2.45) is 27.1 Å². The van der Waals surface area contributed by atoms with E-state index in [4.69, 9.17) is 91.8 Å². The van der Waals surface area contributed by atoms with Gasteiger partial charge in [0.2, 0.25) is 0 Å². The number of aliphatic hydroxyl groups excluding tert-OH is 1. The number of aromatic carboxylic acids is 1. The normalized spacial score (nSPS) is 15.4. The van der Waals surface area contributed by atoms with Crippen LogP contribution in [0.15, 0.2) is 146 Å². The molecule has 1 aliphatic carbocycles. The van der Waals surface area contributed by atoms with Crippen LogP contribution in [-0.4, -0.2) is 204 Å². The SMILES string of the molecule is BrCCCCBr.CCC1(CO)COC1.CCC1(COCCCCBr)COC1.CCC1(COCCCCOc2ccc(C(=O)O)cc2)COC1.CCC1(COCCCCOc2ccc(C(=O)Oc3ccc(OC(=O)c4ccc(OCCCCOCC5(CC)COC5)cc4)cc3)cc2)CCC1.CCOC(=O)c1ccc(O)cc1.Oc1ccc(O)cc1. The summed E-state index contributed by atoms with van der Waals surface area (Å²) in [4.78, 5) is 47.1. The van der Waals surface area contributed by atoms with Crippen molar-refractivity contribution in [1.82, 2.24) is 0 Å². The molecule has 0 radical (unpaired) electrons. The number of carboxylic acid groups (broad SMARTS) is 1. The number of rotatable bonds is 46. The zero-order chi connectivity index (χ0) is 86.3. The molecule has 0 bridgehead atoms. The van der Waals surface area contributed by atoms with E-state index in [1.807, 2.05) is 0 Å². The first-order chi connectivity index (χ1) is 57.7. The van der Waals surface area contributed by atoms with Crippen molar-refractivity contribution in [1.29, 1.82) is 0 Å². The Labute approximate surface area is 730 Å². The fourth-order valence-electron chi connectivity index (χ4n) is 11.8. The Balaban J connectivity index is 0.000000296. The molecule has 662 valence electrons. The van der Waals surface area contributed by atoms with Crippen LogP contribution in [0.2, 0.25) is 0 Å². The Morgan fingerprint density at radius 2 is 0.597 bits per heavy atom. The molecule has 1 saturated carbocycles. The molecule has 5 fully saturated rings. The predicted octanol–water partition coefficient (Wildman–Crippen LogP) is 19.7. The van der Waals surface area contributed by atoms with Crippen LogP contribution in [0, 0.1) is 27.1 Å². The molecule has 4 saturated heterocycles. The Morgan fingerprint density at radius 3 is 0.849 bits per heavy atom. The monoisotopic (exact) mass is 1850 g/mol. The van der Waals surface area contributed by atoms with Crippen LogP contribution in [-0.2, 0) is 42.6 Å². The lowest BCUT2D eigenvalue weighted by atomic mass is 9.68. The van der Waals surface area contributed by atoms with Crippen molar-refractivity contribution in [2.45, 2.75) is 157 Å². The third-order valence-corrected chi connectivity index (χ3v) is 22.9. The lowest BCUT2D eigenvalue weighted by Gasteiger charge is -2.40. The topological polar surface area (TPSA) is 299 Å². The van der Waals surface area contributed by atoms with Crippen molar-refractivity contribution in [3.05, 3.63) is 168 Å². The smallest absolute Gasteiger partial charge is 0.343 e. The van der Waals surface area contributed by atoms with Crippen molar-refractivity contribution in [3.8, 4) is 46.0 Å². The number of hydrogen-bond acceptors (Lipinski definition) is 22. The lowest BCUT2D eigenvalue weighted by Crippen LogP contribution is -2.45. The summed E-state index contributed by atoms with van der Waals surface area (Å²) in [5.74, 6) is 0.965. The highest BCUT2D eigenvalue weighted by Gasteiger charge is 2.40. The minimum absolute atomic E-state index is 0.139. The molecule has 0 unspecified atom stereocenters. The minimum Gasteiger partial charge on any atom is -0.508 e. The number of benzene rings is 6. The number of halogens is 3. The van der Waals surface area contributed by atoms with E-state index in [2.05, 4.69) is 82.4 Å². The van der Waals surface area contributed by atoms with Crippen LogP contribution >= 0.6 is 47.8 Å². The first-order valence-electron chi connectivity index (χ1n) is 42.0. The number of esters is 3. The van der Waals surface area contributed by atoms with Gasteiger partial charge in [-0.2, -0.15) is 0 Å². The van der Waals surface area contributed by atoms with Gasteiger partial charge in [-0.1, -0.05) is 88.8 Å². The second kappa shape index (κ2) is 59.0. The second-order valence-corrected chi connectivity index (χ2v) is 32.9. The first kappa shape index (κ1) is 103. The number of carbonyl (C=O) groups is 4. The number of carbonyl (C=O) groups excluding carboxylic acids is 3. The maximum absolute atomic E-state index is 12.7. The van der Waals surface area contributed by atoms with Gasteiger partial charge in [0.1, 0.15) is 46.0 Å². The summed E-state index contributed by atoms with van der Waals surface area (Å²) in [6.07, 6.45) is 20.0. The van der Waals surface area contributed by atoms with E-state index >= 15 is 0 Å². The molecule has 23 nitrogen and oxygen atoms in total. The molecule has 11 rings (SSSR count). The summed E-state index contributed by atoms with van der Waals surface area (Å²) in [6.45, 7) is 28.0. The highest BCUT2D eigenvalue weighted by molar-refractivity contribution is 9.09. The molecule has 6 aromatic rings. The molecule has 6 aromatic carbocycles. The Bertz CT molecular complexity index is 3490. The zero-order valence-electron chi connectivity index (χ0n) is 70.8. The predicted molar refractivity (Wildman–Crippen MR) is 472 cm³/mol. The Hall–Kier alpha value is -6.92. The van der Waals surface area contributed by atoms with Crippen LogP contribution in [0.25, 0.3) is 0 Å². The van der Waals surface area contributed by atoms with E-state index < -0.39 is 17.9 Å². The van der Waals surface area contributed by atoms with E-state index in [1.54, 1.807) is 104 Å². The highest BCUT2D eigenvalue weighted by Crippen LogP contribution is 2.44. The molecule has 26 heteroatoms. The van der Waals surface area contributed by atoms with Crippen molar-refractivity contribution in [2.75, 3.05) is 155 Å². The van der Waals surface area contributed by atoms with E-state index in [-0.39, 0.29) is 51.6 Å². The van der Waals surface area contributed by atoms with Gasteiger partial charge in [0.25, 0.3) is 0 Å². The molecular weight excluding hydrogens is 1720 g/mol. The summed E-state index contributed by atoms with van der Waals surface area (Å²) >= 11 is 10.1. The average molecular weight is 1860 g/mol. The van der Waals surface area contributed by atoms with Crippen LogP contribution in [0.3, 0.4) is 0 Å². The molecule has 119 heavy (non-hydrogen) atoms. The number of ether oxygens (including phenoxy) is 14. The average Bonchev–Trinajstić information content (AvgIpc) is 0.843. The van der Waals surface area contributed by atoms with Gasteiger partial charge in [-0.3, -0.25) is 0 Å². The van der Waals surface area contributed by atoms with Crippen LogP contribution in [0.4, 0.5) is 0 Å². The summed E-state index contributed by atoms with van der Waals surface area (Å²) in [5.41, 5.74) is 2.92. The van der Waals surface area contributed by atoms with Crippen LogP contribution < -0.4 is 23.7 Å². The molecule has 0 atom stereocenters. The summed E-state index contributed by atoms with van der Waals surface area (Å²) in [5, 5.41) is 47.1. The third kappa shape index (κ3) is 39.9. The second-order valence-electron chi connectivity index (χ2n) is 30.5. The maximum Gasteiger partial charge on any atom is 0.343 e. The molecule has 0 aromatic heterocycles. The van der Waals surface area contributed by atoms with Crippen LogP contribution in [0.5, 0.6) is 46.0 Å². The molecule has 0 spiro atoms. The number of phenolic OH excluding ortho intramolecular Hbond substituents is 3. The number of aliphatic hydroxyl groups is 1. The highest BCUT2D eigenvalue weighted by atomic mass is 79.9. The lowest BCUT2D eigenvalue weighted by molar-refractivity contribution is -0.150. The Morgan fingerprint density at radius 1 is 0.336 bits per heavy atom. The molecule has 0 amide bonds. The maximum atomic E-state index is 12.7. The van der Waals surface area contributed by atoms with Gasteiger partial charge in [-0.05, 0) is 267 Å². The van der Waals surface area contributed by atoms with E-state index in [0.717, 1.165) is 179 Å². The third-order valence-electron chi connectivity index (χ3n) is 21.2. The van der Waals surface area contributed by atoms with Gasteiger partial charge in [0.15, 0.2) is 0 Å². The van der Waals surface area contributed by atoms with Gasteiger partial charge < -0.3 is 91.8 Å². The molecule has 4 heterocycles. The Kier molecular flexibility index (Phi) is 50.9. The number of alkyl halides is 3. The number of carboxylic acids is 1. The largest absolute Gasteiger partial charge is 0.508 e. The molecule has 5 aliphatic rings. The van der Waals surface area contributed by atoms with Gasteiger partial charge >= 0.3 is 23.9 Å². The zero-order valence-corrected chi connectivity index (χ0v) is 75.5. The van der Waals surface area contributed by atoms with E-state index in [0.29, 0.717) is 89.3 Å².